The second-order valence-corrected chi connectivity index (χ2v) is 6.21. The van der Waals surface area contributed by atoms with Crippen LogP contribution in [0.15, 0.2) is 36.9 Å². The summed E-state index contributed by atoms with van der Waals surface area (Å²) in [6.07, 6.45) is 2.44. The number of rotatable bonds is 3. The van der Waals surface area contributed by atoms with Crippen molar-refractivity contribution in [3.05, 3.63) is 42.5 Å². The summed E-state index contributed by atoms with van der Waals surface area (Å²) in [6, 6.07) is 10.3. The van der Waals surface area contributed by atoms with Gasteiger partial charge in [-0.15, -0.1) is 12.4 Å². The first-order valence-electron chi connectivity index (χ1n) is 7.48. The van der Waals surface area contributed by atoms with Gasteiger partial charge >= 0.3 is 5.97 Å². The summed E-state index contributed by atoms with van der Waals surface area (Å²) in [5.41, 5.74) is 1.26. The number of carbonyl (C=O) groups is 1. The van der Waals surface area contributed by atoms with Gasteiger partial charge in [0.15, 0.2) is 0 Å². The van der Waals surface area contributed by atoms with E-state index < -0.39 is 0 Å². The van der Waals surface area contributed by atoms with Crippen molar-refractivity contribution in [1.82, 2.24) is 4.90 Å². The average Bonchev–Trinajstić information content (AvgIpc) is 3.25. The number of likely N-dealkylation sites (N-methyl/N-ethyl adjacent to an activating group) is 1. The number of esters is 1. The topological polar surface area (TPSA) is 42.1 Å². The minimum atomic E-state index is -0.301. The van der Waals surface area contributed by atoms with Gasteiger partial charge in [0.25, 0.3) is 0 Å². The normalized spacial score (nSPS) is 35.2. The minimum Gasteiger partial charge on any atom is -0.459 e. The SMILES string of the molecule is C=C(C(=O)OC1CC2C3OC3C(C1)N2C)c1ccccc1.Cl. The molecule has 0 N–H and O–H groups in total. The third-order valence-corrected chi connectivity index (χ3v) is 5.02. The van der Waals surface area contributed by atoms with E-state index in [2.05, 4.69) is 18.5 Å². The zero-order valence-corrected chi connectivity index (χ0v) is 13.3. The minimum absolute atomic E-state index is 0. The number of fused-ring (bicyclic) bond motifs is 5. The molecule has 3 heterocycles. The number of piperidine rings is 1. The van der Waals surface area contributed by atoms with Crippen molar-refractivity contribution in [2.75, 3.05) is 7.05 Å². The molecule has 1 aromatic carbocycles. The molecule has 3 aliphatic rings. The third kappa shape index (κ3) is 2.45. The molecule has 4 rings (SSSR count). The molecular formula is C17H20ClNO3. The van der Waals surface area contributed by atoms with Crippen LogP contribution in [0.3, 0.4) is 0 Å². The van der Waals surface area contributed by atoms with E-state index in [4.69, 9.17) is 9.47 Å². The van der Waals surface area contributed by atoms with E-state index in [1.54, 1.807) is 0 Å². The van der Waals surface area contributed by atoms with Gasteiger partial charge in [0.05, 0.1) is 5.57 Å². The third-order valence-electron chi connectivity index (χ3n) is 5.02. The smallest absolute Gasteiger partial charge is 0.338 e. The highest BCUT2D eigenvalue weighted by Gasteiger charge is 2.62. The number of benzene rings is 1. The van der Waals surface area contributed by atoms with E-state index in [0.29, 0.717) is 29.9 Å². The van der Waals surface area contributed by atoms with Crippen molar-refractivity contribution in [2.24, 2.45) is 0 Å². The maximum Gasteiger partial charge on any atom is 0.338 e. The number of nitrogens with zero attached hydrogens (tertiary/aromatic N) is 1. The van der Waals surface area contributed by atoms with Gasteiger partial charge in [-0.2, -0.15) is 0 Å². The number of carbonyl (C=O) groups excluding carboxylic acids is 1. The standard InChI is InChI=1S/C17H19NO3.ClH/c1-10(11-6-4-3-5-7-11)17(19)20-12-8-13-15-16(21-15)14(9-12)18(13)2;/h3-7,12-16H,1,8-9H2,2H3;1H. The summed E-state index contributed by atoms with van der Waals surface area (Å²) < 4.78 is 11.3. The summed E-state index contributed by atoms with van der Waals surface area (Å²) in [5.74, 6) is -0.301. The molecule has 3 aliphatic heterocycles. The molecule has 0 aliphatic carbocycles. The van der Waals surface area contributed by atoms with Crippen LogP contribution in [0.25, 0.3) is 5.57 Å². The molecule has 2 bridgehead atoms. The average molecular weight is 322 g/mol. The largest absolute Gasteiger partial charge is 0.459 e. The predicted octanol–water partition coefficient (Wildman–Crippen LogP) is 2.28. The molecule has 4 atom stereocenters. The Morgan fingerprint density at radius 3 is 2.41 bits per heavy atom. The van der Waals surface area contributed by atoms with Crippen LogP contribution in [0.1, 0.15) is 18.4 Å². The van der Waals surface area contributed by atoms with Gasteiger partial charge in [-0.25, -0.2) is 4.79 Å². The summed E-state index contributed by atoms with van der Waals surface area (Å²) >= 11 is 0. The van der Waals surface area contributed by atoms with Crippen LogP contribution in [-0.2, 0) is 14.3 Å². The van der Waals surface area contributed by atoms with Crippen molar-refractivity contribution in [3.8, 4) is 0 Å². The van der Waals surface area contributed by atoms with Gasteiger partial charge in [0.2, 0.25) is 0 Å². The van der Waals surface area contributed by atoms with Gasteiger partial charge in [-0.1, -0.05) is 36.9 Å². The van der Waals surface area contributed by atoms with Crippen molar-refractivity contribution in [2.45, 2.75) is 43.2 Å². The molecule has 4 unspecified atom stereocenters. The molecule has 5 heteroatoms. The van der Waals surface area contributed by atoms with Gasteiger partial charge < -0.3 is 9.47 Å². The lowest BCUT2D eigenvalue weighted by atomic mass is 9.99. The molecule has 1 aromatic rings. The van der Waals surface area contributed by atoms with Crippen LogP contribution < -0.4 is 0 Å². The molecule has 4 nitrogen and oxygen atoms in total. The zero-order chi connectivity index (χ0) is 14.6. The number of morpholine rings is 1. The number of epoxide rings is 1. The molecule has 3 fully saturated rings. The Morgan fingerprint density at radius 2 is 1.82 bits per heavy atom. The van der Waals surface area contributed by atoms with Crippen LogP contribution in [-0.4, -0.2) is 48.3 Å². The van der Waals surface area contributed by atoms with Crippen molar-refractivity contribution >= 4 is 23.9 Å². The van der Waals surface area contributed by atoms with Crippen LogP contribution in [0.4, 0.5) is 0 Å². The highest BCUT2D eigenvalue weighted by Crippen LogP contribution is 2.48. The lowest BCUT2D eigenvalue weighted by Crippen LogP contribution is -2.47. The summed E-state index contributed by atoms with van der Waals surface area (Å²) in [4.78, 5) is 14.6. The van der Waals surface area contributed by atoms with Crippen LogP contribution in [0, 0.1) is 0 Å². The van der Waals surface area contributed by atoms with Gasteiger partial charge in [0, 0.05) is 24.9 Å². The molecule has 0 spiro atoms. The van der Waals surface area contributed by atoms with Crippen LogP contribution in [0.2, 0.25) is 0 Å². The Morgan fingerprint density at radius 1 is 1.23 bits per heavy atom. The van der Waals surface area contributed by atoms with Gasteiger partial charge in [0.1, 0.15) is 18.3 Å². The summed E-state index contributed by atoms with van der Waals surface area (Å²) in [7, 11) is 2.14. The monoisotopic (exact) mass is 321 g/mol. The molecule has 0 saturated carbocycles. The Labute approximate surface area is 136 Å². The first-order chi connectivity index (χ1) is 10.1. The Balaban J connectivity index is 0.00000144. The highest BCUT2D eigenvalue weighted by molar-refractivity contribution is 6.15. The molecule has 22 heavy (non-hydrogen) atoms. The molecular weight excluding hydrogens is 302 g/mol. The van der Waals surface area contributed by atoms with Gasteiger partial charge in [-0.05, 0) is 12.6 Å². The van der Waals surface area contributed by atoms with E-state index in [1.165, 1.54) is 0 Å². The molecule has 0 amide bonds. The number of halogens is 1. The van der Waals surface area contributed by atoms with E-state index in [9.17, 15) is 4.79 Å². The summed E-state index contributed by atoms with van der Waals surface area (Å²) in [6.45, 7) is 3.87. The van der Waals surface area contributed by atoms with Gasteiger partial charge in [-0.3, -0.25) is 4.90 Å². The van der Waals surface area contributed by atoms with E-state index in [-0.39, 0.29) is 24.5 Å². The first-order valence-corrected chi connectivity index (χ1v) is 7.48. The van der Waals surface area contributed by atoms with Crippen molar-refractivity contribution < 1.29 is 14.3 Å². The summed E-state index contributed by atoms with van der Waals surface area (Å²) in [5, 5.41) is 0. The predicted molar refractivity (Wildman–Crippen MR) is 85.8 cm³/mol. The molecule has 0 aromatic heterocycles. The molecule has 118 valence electrons. The van der Waals surface area contributed by atoms with Crippen molar-refractivity contribution in [1.29, 1.82) is 0 Å². The maximum atomic E-state index is 12.3. The van der Waals surface area contributed by atoms with E-state index >= 15 is 0 Å². The number of hydrogen-bond donors (Lipinski definition) is 0. The number of hydrogen-bond acceptors (Lipinski definition) is 4. The Hall–Kier alpha value is -1.36. The first kappa shape index (κ1) is 15.5. The van der Waals surface area contributed by atoms with E-state index in [0.717, 1.165) is 18.4 Å². The molecule has 0 radical (unpaired) electrons. The fourth-order valence-corrected chi connectivity index (χ4v) is 3.78. The highest BCUT2D eigenvalue weighted by atomic mass is 35.5. The Kier molecular flexibility index (Phi) is 4.02. The maximum absolute atomic E-state index is 12.3. The lowest BCUT2D eigenvalue weighted by Gasteiger charge is -2.37. The second-order valence-electron chi connectivity index (χ2n) is 6.21. The molecule has 3 saturated heterocycles. The fraction of sp³-hybridized carbons (Fsp3) is 0.471. The number of ether oxygens (including phenoxy) is 2. The lowest BCUT2D eigenvalue weighted by molar-refractivity contribution is -0.146. The van der Waals surface area contributed by atoms with Crippen LogP contribution >= 0.6 is 12.4 Å². The van der Waals surface area contributed by atoms with Crippen molar-refractivity contribution in [3.63, 3.8) is 0 Å². The van der Waals surface area contributed by atoms with Crippen LogP contribution in [0.5, 0.6) is 0 Å². The zero-order valence-electron chi connectivity index (χ0n) is 12.5. The quantitative estimate of drug-likeness (QED) is 0.486. The Bertz CT molecular complexity index is 573. The second kappa shape index (κ2) is 5.69. The fourth-order valence-electron chi connectivity index (χ4n) is 3.78. The van der Waals surface area contributed by atoms with E-state index in [1.807, 2.05) is 30.3 Å².